The van der Waals surface area contributed by atoms with Crippen LogP contribution in [0.4, 0.5) is 0 Å². The molecule has 0 bridgehead atoms. The average molecular weight is 306 g/mol. The lowest BCUT2D eigenvalue weighted by Crippen LogP contribution is -2.23. The van der Waals surface area contributed by atoms with Crippen LogP contribution in [0.15, 0.2) is 30.5 Å². The maximum atomic E-state index is 6.27. The van der Waals surface area contributed by atoms with Gasteiger partial charge in [-0.15, -0.1) is 0 Å². The van der Waals surface area contributed by atoms with E-state index in [4.69, 9.17) is 11.6 Å². The van der Waals surface area contributed by atoms with Crippen LogP contribution in [-0.4, -0.2) is 16.3 Å². The summed E-state index contributed by atoms with van der Waals surface area (Å²) in [5.74, 6) is 0. The van der Waals surface area contributed by atoms with Crippen LogP contribution in [0.5, 0.6) is 0 Å². The molecule has 114 valence electrons. The van der Waals surface area contributed by atoms with E-state index in [1.165, 1.54) is 16.8 Å². The van der Waals surface area contributed by atoms with Crippen molar-refractivity contribution in [1.82, 2.24) is 15.1 Å². The summed E-state index contributed by atoms with van der Waals surface area (Å²) in [7, 11) is 1.99. The number of halogens is 1. The summed E-state index contributed by atoms with van der Waals surface area (Å²) >= 11 is 6.27. The smallest absolute Gasteiger partial charge is 0.0492 e. The lowest BCUT2D eigenvalue weighted by Gasteiger charge is -2.21. The Labute approximate surface area is 132 Å². The minimum Gasteiger partial charge on any atom is -0.310 e. The van der Waals surface area contributed by atoms with Crippen molar-refractivity contribution in [1.29, 1.82) is 0 Å². The van der Waals surface area contributed by atoms with E-state index in [9.17, 15) is 0 Å². The standard InChI is InChI=1S/C17H24ClN3/c1-4-11-19-17(9-8-14-10-12-20-21(14)3)15-6-5-7-16(18)13(15)2/h5-7,10,12,17,19H,4,8-9,11H2,1-3H3. The molecule has 1 unspecified atom stereocenters. The van der Waals surface area contributed by atoms with Crippen LogP contribution in [0.3, 0.4) is 0 Å². The number of nitrogens with zero attached hydrogens (tertiary/aromatic N) is 2. The van der Waals surface area contributed by atoms with Gasteiger partial charge in [0.1, 0.15) is 0 Å². The fourth-order valence-electron chi connectivity index (χ4n) is 2.63. The number of aryl methyl sites for hydroxylation is 2. The van der Waals surface area contributed by atoms with Gasteiger partial charge in [-0.05, 0) is 56.0 Å². The molecule has 1 heterocycles. The normalized spacial score (nSPS) is 12.6. The predicted octanol–water partition coefficient (Wildman–Crippen LogP) is 4.06. The summed E-state index contributed by atoms with van der Waals surface area (Å²) in [6.45, 7) is 5.31. The highest BCUT2D eigenvalue weighted by atomic mass is 35.5. The van der Waals surface area contributed by atoms with Gasteiger partial charge in [-0.3, -0.25) is 4.68 Å². The Hall–Kier alpha value is -1.32. The first kappa shape index (κ1) is 16.1. The monoisotopic (exact) mass is 305 g/mol. The van der Waals surface area contributed by atoms with Crippen LogP contribution >= 0.6 is 11.6 Å². The summed E-state index contributed by atoms with van der Waals surface area (Å²) in [5.41, 5.74) is 3.74. The van der Waals surface area contributed by atoms with Gasteiger partial charge in [0.05, 0.1) is 0 Å². The van der Waals surface area contributed by atoms with Gasteiger partial charge >= 0.3 is 0 Å². The lowest BCUT2D eigenvalue weighted by atomic mass is 9.96. The van der Waals surface area contributed by atoms with Gasteiger partial charge < -0.3 is 5.32 Å². The SMILES string of the molecule is CCCNC(CCc1ccnn1C)c1cccc(Cl)c1C. The van der Waals surface area contributed by atoms with E-state index in [2.05, 4.69) is 36.4 Å². The van der Waals surface area contributed by atoms with Crippen LogP contribution in [0.25, 0.3) is 0 Å². The van der Waals surface area contributed by atoms with Crippen molar-refractivity contribution in [2.75, 3.05) is 6.54 Å². The third-order valence-corrected chi connectivity index (χ3v) is 4.35. The molecule has 1 atom stereocenters. The zero-order chi connectivity index (χ0) is 15.2. The molecular formula is C17H24ClN3. The molecule has 0 fully saturated rings. The van der Waals surface area contributed by atoms with E-state index in [-0.39, 0.29) is 0 Å². The summed E-state index contributed by atoms with van der Waals surface area (Å²) in [6, 6.07) is 8.59. The van der Waals surface area contributed by atoms with Crippen LogP contribution in [0.2, 0.25) is 5.02 Å². The van der Waals surface area contributed by atoms with Crippen LogP contribution in [0.1, 0.15) is 42.6 Å². The first-order chi connectivity index (χ1) is 10.1. The van der Waals surface area contributed by atoms with Crippen molar-refractivity contribution in [3.8, 4) is 0 Å². The molecule has 2 rings (SSSR count). The molecule has 2 aromatic rings. The van der Waals surface area contributed by atoms with E-state index in [1.54, 1.807) is 0 Å². The molecule has 3 nitrogen and oxygen atoms in total. The molecule has 0 aliphatic carbocycles. The van der Waals surface area contributed by atoms with E-state index in [1.807, 2.05) is 30.1 Å². The number of nitrogens with one attached hydrogen (secondary N) is 1. The summed E-state index contributed by atoms with van der Waals surface area (Å²) < 4.78 is 1.95. The average Bonchev–Trinajstić information content (AvgIpc) is 2.88. The fourth-order valence-corrected chi connectivity index (χ4v) is 2.81. The lowest BCUT2D eigenvalue weighted by molar-refractivity contribution is 0.490. The molecule has 0 aliphatic rings. The molecule has 0 aliphatic heterocycles. The molecular weight excluding hydrogens is 282 g/mol. The Morgan fingerprint density at radius 2 is 2.14 bits per heavy atom. The van der Waals surface area contributed by atoms with Gasteiger partial charge in [0.25, 0.3) is 0 Å². The number of hydrogen-bond acceptors (Lipinski definition) is 2. The van der Waals surface area contributed by atoms with Gasteiger partial charge in [-0.25, -0.2) is 0 Å². The van der Waals surface area contributed by atoms with Crippen molar-refractivity contribution in [3.63, 3.8) is 0 Å². The highest BCUT2D eigenvalue weighted by Gasteiger charge is 2.15. The van der Waals surface area contributed by atoms with Crippen molar-refractivity contribution >= 4 is 11.6 Å². The second-order valence-corrected chi connectivity index (χ2v) is 5.85. The Morgan fingerprint density at radius 1 is 1.33 bits per heavy atom. The van der Waals surface area contributed by atoms with Crippen LogP contribution < -0.4 is 5.32 Å². The third-order valence-electron chi connectivity index (χ3n) is 3.94. The summed E-state index contributed by atoms with van der Waals surface area (Å²) in [6.07, 6.45) is 5.03. The third kappa shape index (κ3) is 4.08. The largest absolute Gasteiger partial charge is 0.310 e. The van der Waals surface area contributed by atoms with E-state index in [0.29, 0.717) is 6.04 Å². The Balaban J connectivity index is 2.14. The maximum Gasteiger partial charge on any atom is 0.0492 e. The quantitative estimate of drug-likeness (QED) is 0.836. The second kappa shape index (κ2) is 7.62. The number of benzene rings is 1. The first-order valence-corrected chi connectivity index (χ1v) is 7.96. The molecule has 1 N–H and O–H groups in total. The van der Waals surface area contributed by atoms with Gasteiger partial charge in [0.2, 0.25) is 0 Å². The Kier molecular flexibility index (Phi) is 5.83. The molecule has 0 amide bonds. The summed E-state index contributed by atoms with van der Waals surface area (Å²) in [4.78, 5) is 0. The summed E-state index contributed by atoms with van der Waals surface area (Å²) in [5, 5.41) is 8.73. The minimum atomic E-state index is 0.332. The highest BCUT2D eigenvalue weighted by Crippen LogP contribution is 2.27. The molecule has 1 aromatic heterocycles. The van der Waals surface area contributed by atoms with Crippen molar-refractivity contribution < 1.29 is 0 Å². The second-order valence-electron chi connectivity index (χ2n) is 5.45. The van der Waals surface area contributed by atoms with Crippen LogP contribution in [0, 0.1) is 6.92 Å². The number of rotatable bonds is 7. The Morgan fingerprint density at radius 3 is 2.81 bits per heavy atom. The van der Waals surface area contributed by atoms with Crippen LogP contribution in [-0.2, 0) is 13.5 Å². The molecule has 0 saturated carbocycles. The van der Waals surface area contributed by atoms with Gasteiger partial charge in [-0.2, -0.15) is 5.10 Å². The molecule has 1 aromatic carbocycles. The van der Waals surface area contributed by atoms with Gasteiger partial charge in [0.15, 0.2) is 0 Å². The van der Waals surface area contributed by atoms with Crippen molar-refractivity contribution in [3.05, 3.63) is 52.3 Å². The first-order valence-electron chi connectivity index (χ1n) is 7.58. The molecule has 0 saturated heterocycles. The van der Waals surface area contributed by atoms with E-state index >= 15 is 0 Å². The van der Waals surface area contributed by atoms with Crippen molar-refractivity contribution in [2.24, 2.45) is 7.05 Å². The van der Waals surface area contributed by atoms with Gasteiger partial charge in [0, 0.05) is 30.0 Å². The van der Waals surface area contributed by atoms with Crippen molar-refractivity contribution in [2.45, 2.75) is 39.2 Å². The molecule has 0 radical (unpaired) electrons. The number of aromatic nitrogens is 2. The Bertz CT molecular complexity index is 577. The zero-order valence-electron chi connectivity index (χ0n) is 13.1. The van der Waals surface area contributed by atoms with E-state index < -0.39 is 0 Å². The molecule has 0 spiro atoms. The number of hydrogen-bond donors (Lipinski definition) is 1. The zero-order valence-corrected chi connectivity index (χ0v) is 13.8. The fraction of sp³-hybridized carbons (Fsp3) is 0.471. The minimum absolute atomic E-state index is 0.332. The predicted molar refractivity (Wildman–Crippen MR) is 88.8 cm³/mol. The molecule has 4 heteroatoms. The van der Waals surface area contributed by atoms with E-state index in [0.717, 1.165) is 30.8 Å². The topological polar surface area (TPSA) is 29.9 Å². The highest BCUT2D eigenvalue weighted by molar-refractivity contribution is 6.31. The van der Waals surface area contributed by atoms with Gasteiger partial charge in [-0.1, -0.05) is 30.7 Å². The maximum absolute atomic E-state index is 6.27. The molecule has 21 heavy (non-hydrogen) atoms.